The largest absolute Gasteiger partial charge is 0.384 e. The molecule has 0 aliphatic rings. The van der Waals surface area contributed by atoms with Gasteiger partial charge < -0.3 is 11.1 Å². The second-order valence-electron chi connectivity index (χ2n) is 6.19. The van der Waals surface area contributed by atoms with Crippen LogP contribution in [0.5, 0.6) is 0 Å². The van der Waals surface area contributed by atoms with Crippen molar-refractivity contribution in [2.45, 2.75) is 19.4 Å². The highest BCUT2D eigenvalue weighted by Crippen LogP contribution is 2.15. The van der Waals surface area contributed by atoms with Gasteiger partial charge in [0.15, 0.2) is 0 Å². The third-order valence-electron chi connectivity index (χ3n) is 4.17. The average Bonchev–Trinajstić information content (AvgIpc) is 2.67. The average molecular weight is 346 g/mol. The lowest BCUT2D eigenvalue weighted by Gasteiger charge is -2.17. The highest BCUT2D eigenvalue weighted by molar-refractivity contribution is 5.79. The number of benzene rings is 2. The summed E-state index contributed by atoms with van der Waals surface area (Å²) < 4.78 is 0. The van der Waals surface area contributed by atoms with Gasteiger partial charge in [-0.1, -0.05) is 60.7 Å². The van der Waals surface area contributed by atoms with Crippen molar-refractivity contribution in [2.24, 2.45) is 5.92 Å². The predicted octanol–water partition coefficient (Wildman–Crippen LogP) is 2.78. The number of rotatable bonds is 7. The lowest BCUT2D eigenvalue weighted by Crippen LogP contribution is -2.33. The lowest BCUT2D eigenvalue weighted by molar-refractivity contribution is -0.125. The normalized spacial score (nSPS) is 10.7. The third-order valence-corrected chi connectivity index (χ3v) is 4.17. The Morgan fingerprint density at radius 2 is 1.50 bits per heavy atom. The summed E-state index contributed by atoms with van der Waals surface area (Å²) in [4.78, 5) is 21.1. The van der Waals surface area contributed by atoms with Crippen molar-refractivity contribution in [1.29, 1.82) is 0 Å². The van der Waals surface area contributed by atoms with E-state index in [1.54, 1.807) is 12.3 Å². The van der Waals surface area contributed by atoms with Gasteiger partial charge in [0.1, 0.15) is 11.6 Å². The van der Waals surface area contributed by atoms with Gasteiger partial charge in [-0.05, 0) is 30.0 Å². The summed E-state index contributed by atoms with van der Waals surface area (Å²) in [5.74, 6) is 0.732. The van der Waals surface area contributed by atoms with Gasteiger partial charge in [0.25, 0.3) is 0 Å². The maximum Gasteiger partial charge on any atom is 0.224 e. The molecule has 0 bridgehead atoms. The summed E-state index contributed by atoms with van der Waals surface area (Å²) in [5, 5.41) is 2.95. The van der Waals surface area contributed by atoms with E-state index in [4.69, 9.17) is 5.73 Å². The Morgan fingerprint density at radius 3 is 2.04 bits per heavy atom. The monoisotopic (exact) mass is 346 g/mol. The molecule has 1 heterocycles. The number of hydrogen-bond donors (Lipinski definition) is 2. The number of aromatic nitrogens is 2. The first-order valence-electron chi connectivity index (χ1n) is 8.63. The van der Waals surface area contributed by atoms with Crippen molar-refractivity contribution in [3.8, 4) is 0 Å². The Bertz CT molecular complexity index is 795. The molecule has 5 heteroatoms. The standard InChI is InChI=1S/C21H22N4O/c22-19-11-12-23-20(25-19)15-24-21(26)18(13-16-7-3-1-4-8-16)14-17-9-5-2-6-10-17/h1-12,18H,13-15H2,(H,24,26)(H2,22,23,25). The molecule has 0 saturated carbocycles. The summed E-state index contributed by atoms with van der Waals surface area (Å²) in [6, 6.07) is 21.7. The van der Waals surface area contributed by atoms with E-state index in [2.05, 4.69) is 15.3 Å². The van der Waals surface area contributed by atoms with Crippen molar-refractivity contribution < 1.29 is 4.79 Å². The Kier molecular flexibility index (Phi) is 5.93. The van der Waals surface area contributed by atoms with Crippen molar-refractivity contribution in [3.63, 3.8) is 0 Å². The molecule has 0 radical (unpaired) electrons. The third kappa shape index (κ3) is 5.14. The number of hydrogen-bond acceptors (Lipinski definition) is 4. The lowest BCUT2D eigenvalue weighted by atomic mass is 9.92. The maximum atomic E-state index is 12.8. The molecule has 3 N–H and O–H groups in total. The maximum absolute atomic E-state index is 12.8. The molecule has 0 spiro atoms. The molecule has 5 nitrogen and oxygen atoms in total. The van der Waals surface area contributed by atoms with E-state index in [0.29, 0.717) is 24.5 Å². The summed E-state index contributed by atoms with van der Waals surface area (Å²) in [5.41, 5.74) is 7.95. The van der Waals surface area contributed by atoms with Crippen LogP contribution in [-0.4, -0.2) is 15.9 Å². The SMILES string of the molecule is Nc1ccnc(CNC(=O)C(Cc2ccccc2)Cc2ccccc2)n1. The van der Waals surface area contributed by atoms with Crippen LogP contribution in [0.3, 0.4) is 0 Å². The van der Waals surface area contributed by atoms with E-state index in [9.17, 15) is 4.79 Å². The predicted molar refractivity (Wildman–Crippen MR) is 102 cm³/mol. The van der Waals surface area contributed by atoms with Crippen LogP contribution in [0.2, 0.25) is 0 Å². The van der Waals surface area contributed by atoms with E-state index >= 15 is 0 Å². The number of nitrogens with one attached hydrogen (secondary N) is 1. The van der Waals surface area contributed by atoms with E-state index in [0.717, 1.165) is 11.1 Å². The van der Waals surface area contributed by atoms with Crippen LogP contribution in [-0.2, 0) is 24.2 Å². The minimum atomic E-state index is -0.166. The summed E-state index contributed by atoms with van der Waals surface area (Å²) in [6.45, 7) is 0.268. The Balaban J connectivity index is 1.70. The molecule has 3 aromatic rings. The minimum Gasteiger partial charge on any atom is -0.384 e. The molecule has 0 aliphatic heterocycles. The van der Waals surface area contributed by atoms with Gasteiger partial charge in [0.2, 0.25) is 5.91 Å². The van der Waals surface area contributed by atoms with Gasteiger partial charge in [0, 0.05) is 12.1 Å². The molecule has 1 aromatic heterocycles. The number of nitrogens with two attached hydrogens (primary N) is 1. The van der Waals surface area contributed by atoms with Crippen molar-refractivity contribution in [1.82, 2.24) is 15.3 Å². The molecule has 1 amide bonds. The highest BCUT2D eigenvalue weighted by atomic mass is 16.1. The summed E-state index contributed by atoms with van der Waals surface area (Å²) in [7, 11) is 0. The zero-order valence-corrected chi connectivity index (χ0v) is 14.5. The molecule has 0 unspecified atom stereocenters. The molecular formula is C21H22N4O. The molecule has 0 aliphatic carbocycles. The van der Waals surface area contributed by atoms with Gasteiger partial charge in [-0.2, -0.15) is 0 Å². The van der Waals surface area contributed by atoms with Crippen LogP contribution in [0.4, 0.5) is 5.82 Å². The molecule has 3 rings (SSSR count). The van der Waals surface area contributed by atoms with E-state index in [1.807, 2.05) is 60.7 Å². The number of nitrogens with zero attached hydrogens (tertiary/aromatic N) is 2. The molecule has 0 fully saturated rings. The van der Waals surface area contributed by atoms with Gasteiger partial charge in [-0.3, -0.25) is 4.79 Å². The molecular weight excluding hydrogens is 324 g/mol. The smallest absolute Gasteiger partial charge is 0.224 e. The van der Waals surface area contributed by atoms with Gasteiger partial charge in [0.05, 0.1) is 6.54 Å². The van der Waals surface area contributed by atoms with Crippen molar-refractivity contribution in [3.05, 3.63) is 89.9 Å². The van der Waals surface area contributed by atoms with Gasteiger partial charge in [-0.15, -0.1) is 0 Å². The zero-order chi connectivity index (χ0) is 18.2. The number of carbonyl (C=O) groups is 1. The molecule has 26 heavy (non-hydrogen) atoms. The quantitative estimate of drug-likeness (QED) is 0.689. The highest BCUT2D eigenvalue weighted by Gasteiger charge is 2.19. The molecule has 0 saturated heterocycles. The molecule has 2 aromatic carbocycles. The number of nitrogen functional groups attached to an aromatic ring is 1. The zero-order valence-electron chi connectivity index (χ0n) is 14.5. The second kappa shape index (κ2) is 8.76. The molecule has 0 atom stereocenters. The van der Waals surface area contributed by atoms with Crippen molar-refractivity contribution >= 4 is 11.7 Å². The van der Waals surface area contributed by atoms with E-state index in [-0.39, 0.29) is 18.4 Å². The van der Waals surface area contributed by atoms with Gasteiger partial charge in [-0.25, -0.2) is 9.97 Å². The summed E-state index contributed by atoms with van der Waals surface area (Å²) >= 11 is 0. The fourth-order valence-corrected chi connectivity index (χ4v) is 2.87. The Labute approximate surface area is 153 Å². The van der Waals surface area contributed by atoms with Crippen LogP contribution in [0.1, 0.15) is 17.0 Å². The van der Waals surface area contributed by atoms with E-state index in [1.165, 1.54) is 0 Å². The number of carbonyl (C=O) groups excluding carboxylic acids is 1. The Hall–Kier alpha value is -3.21. The number of anilines is 1. The fourth-order valence-electron chi connectivity index (χ4n) is 2.87. The first kappa shape index (κ1) is 17.6. The fraction of sp³-hybridized carbons (Fsp3) is 0.190. The Morgan fingerprint density at radius 1 is 0.923 bits per heavy atom. The van der Waals surface area contributed by atoms with Gasteiger partial charge >= 0.3 is 0 Å². The van der Waals surface area contributed by atoms with Crippen LogP contribution in [0.25, 0.3) is 0 Å². The van der Waals surface area contributed by atoms with Crippen molar-refractivity contribution in [2.75, 3.05) is 5.73 Å². The van der Waals surface area contributed by atoms with Crippen LogP contribution < -0.4 is 11.1 Å². The minimum absolute atomic E-state index is 0.0104. The van der Waals surface area contributed by atoms with Crippen LogP contribution >= 0.6 is 0 Å². The number of amides is 1. The van der Waals surface area contributed by atoms with Crippen LogP contribution in [0, 0.1) is 5.92 Å². The van der Waals surface area contributed by atoms with Crippen LogP contribution in [0.15, 0.2) is 72.9 Å². The molecule has 132 valence electrons. The first-order chi connectivity index (χ1) is 12.7. The first-order valence-corrected chi connectivity index (χ1v) is 8.63. The summed E-state index contributed by atoms with van der Waals surface area (Å²) in [6.07, 6.45) is 2.95. The second-order valence-corrected chi connectivity index (χ2v) is 6.19. The van der Waals surface area contributed by atoms with E-state index < -0.39 is 0 Å². The topological polar surface area (TPSA) is 80.9 Å².